The molecule has 3 aromatic rings. The minimum absolute atomic E-state index is 0.161. The number of nitrogens with zero attached hydrogens (tertiary/aromatic N) is 3. The summed E-state index contributed by atoms with van der Waals surface area (Å²) in [6, 6.07) is 20.0. The largest absolute Gasteiger partial charge is 0.439 e. The van der Waals surface area contributed by atoms with Gasteiger partial charge in [-0.1, -0.05) is 61.9 Å². The maximum atomic E-state index is 10.8. The minimum atomic E-state index is -0.585. The third-order valence-electron chi connectivity index (χ3n) is 6.38. The fourth-order valence-corrected chi connectivity index (χ4v) is 4.57. The zero-order valence-electron chi connectivity index (χ0n) is 21.5. The van der Waals surface area contributed by atoms with Gasteiger partial charge in [-0.05, 0) is 31.4 Å². The van der Waals surface area contributed by atoms with E-state index in [1.807, 2.05) is 55.6 Å². The first-order chi connectivity index (χ1) is 17.6. The van der Waals surface area contributed by atoms with Crippen LogP contribution in [0.15, 0.2) is 60.7 Å². The van der Waals surface area contributed by atoms with E-state index in [9.17, 15) is 5.11 Å². The highest BCUT2D eigenvalue weighted by Crippen LogP contribution is 2.34. The lowest BCUT2D eigenvalue weighted by Gasteiger charge is -2.27. The molecule has 2 aromatic carbocycles. The number of benzene rings is 2. The molecular formula is C29H39N3O4. The van der Waals surface area contributed by atoms with E-state index in [2.05, 4.69) is 24.0 Å². The third kappa shape index (κ3) is 7.40. The van der Waals surface area contributed by atoms with Crippen molar-refractivity contribution in [1.29, 1.82) is 0 Å². The van der Waals surface area contributed by atoms with Crippen LogP contribution in [0.1, 0.15) is 38.2 Å². The van der Waals surface area contributed by atoms with E-state index < -0.39 is 6.10 Å². The number of aliphatic hydroxyl groups excluding tert-OH is 1. The highest BCUT2D eigenvalue weighted by atomic mass is 16.5. The maximum Gasteiger partial charge on any atom is 0.222 e. The number of aryl methyl sites for hydroxylation is 1. The van der Waals surface area contributed by atoms with Crippen LogP contribution in [-0.2, 0) is 23.1 Å². The molecule has 1 aliphatic heterocycles. The smallest absolute Gasteiger partial charge is 0.222 e. The van der Waals surface area contributed by atoms with Gasteiger partial charge in [-0.25, -0.2) is 4.68 Å². The van der Waals surface area contributed by atoms with Gasteiger partial charge in [-0.15, -0.1) is 0 Å². The molecule has 1 fully saturated rings. The number of hydrogen-bond donors (Lipinski definition) is 1. The van der Waals surface area contributed by atoms with Gasteiger partial charge in [0.1, 0.15) is 11.4 Å². The Balaban J connectivity index is 1.60. The summed E-state index contributed by atoms with van der Waals surface area (Å²) in [5.74, 6) is 1.46. The van der Waals surface area contributed by atoms with Crippen molar-refractivity contribution in [3.63, 3.8) is 0 Å². The van der Waals surface area contributed by atoms with Gasteiger partial charge in [0.2, 0.25) is 5.88 Å². The molecule has 0 amide bonds. The van der Waals surface area contributed by atoms with Crippen LogP contribution in [0.5, 0.6) is 11.6 Å². The molecule has 1 saturated heterocycles. The molecule has 1 N–H and O–H groups in total. The topological polar surface area (TPSA) is 69.0 Å². The summed E-state index contributed by atoms with van der Waals surface area (Å²) in [6.45, 7) is 5.73. The lowest BCUT2D eigenvalue weighted by molar-refractivity contribution is 0.00144. The summed E-state index contributed by atoms with van der Waals surface area (Å²) >= 11 is 0. The highest BCUT2D eigenvalue weighted by molar-refractivity contribution is 5.65. The fourth-order valence-electron chi connectivity index (χ4n) is 4.57. The average Bonchev–Trinajstić information content (AvgIpc) is 3.51. The molecule has 4 rings (SSSR count). The maximum absolute atomic E-state index is 10.8. The van der Waals surface area contributed by atoms with Gasteiger partial charge in [-0.2, -0.15) is 5.10 Å². The summed E-state index contributed by atoms with van der Waals surface area (Å²) < 4.78 is 19.8. The van der Waals surface area contributed by atoms with Gasteiger partial charge >= 0.3 is 0 Å². The van der Waals surface area contributed by atoms with Crippen molar-refractivity contribution in [3.05, 3.63) is 66.2 Å². The van der Waals surface area contributed by atoms with Crippen LogP contribution in [0.4, 0.5) is 0 Å². The number of rotatable bonds is 14. The summed E-state index contributed by atoms with van der Waals surface area (Å²) in [5, 5.41) is 15.7. The first-order valence-corrected chi connectivity index (χ1v) is 13.1. The Morgan fingerprint density at radius 3 is 2.58 bits per heavy atom. The van der Waals surface area contributed by atoms with Crippen LogP contribution >= 0.6 is 0 Å². The van der Waals surface area contributed by atoms with Crippen LogP contribution < -0.4 is 4.74 Å². The summed E-state index contributed by atoms with van der Waals surface area (Å²) in [6.07, 6.45) is 3.77. The number of unbranched alkanes of at least 4 members (excludes halogenated alkanes) is 1. The highest BCUT2D eigenvalue weighted by Gasteiger charge is 2.26. The van der Waals surface area contributed by atoms with Gasteiger partial charge in [-0.3, -0.25) is 4.90 Å². The van der Waals surface area contributed by atoms with E-state index >= 15 is 0 Å². The molecule has 1 aliphatic rings. The Labute approximate surface area is 214 Å². The molecule has 36 heavy (non-hydrogen) atoms. The van der Waals surface area contributed by atoms with Crippen molar-refractivity contribution >= 4 is 0 Å². The van der Waals surface area contributed by atoms with Crippen LogP contribution in [0.25, 0.3) is 11.3 Å². The van der Waals surface area contributed by atoms with Crippen LogP contribution in [0.2, 0.25) is 0 Å². The summed E-state index contributed by atoms with van der Waals surface area (Å²) in [7, 11) is 1.91. The molecule has 2 atom stereocenters. The number of hydrogen-bond acceptors (Lipinski definition) is 6. The molecule has 0 radical (unpaired) electrons. The molecule has 0 aliphatic carbocycles. The molecule has 2 heterocycles. The number of aromatic nitrogens is 2. The van der Waals surface area contributed by atoms with Crippen molar-refractivity contribution in [3.8, 4) is 22.9 Å². The van der Waals surface area contributed by atoms with E-state index in [1.165, 1.54) is 0 Å². The summed E-state index contributed by atoms with van der Waals surface area (Å²) in [5.41, 5.74) is 2.91. The van der Waals surface area contributed by atoms with Crippen molar-refractivity contribution in [1.82, 2.24) is 14.7 Å². The van der Waals surface area contributed by atoms with Crippen molar-refractivity contribution < 1.29 is 19.3 Å². The van der Waals surface area contributed by atoms with Gasteiger partial charge in [0.15, 0.2) is 0 Å². The Bertz CT molecular complexity index is 1040. The van der Waals surface area contributed by atoms with E-state index in [4.69, 9.17) is 19.3 Å². The summed E-state index contributed by atoms with van der Waals surface area (Å²) in [4.78, 5) is 2.26. The zero-order chi connectivity index (χ0) is 25.2. The second-order valence-corrected chi connectivity index (χ2v) is 9.45. The minimum Gasteiger partial charge on any atom is -0.439 e. The average molecular weight is 494 g/mol. The van der Waals surface area contributed by atoms with Crippen LogP contribution in [0.3, 0.4) is 0 Å². The molecule has 194 valence electrons. The van der Waals surface area contributed by atoms with Gasteiger partial charge in [0.25, 0.3) is 0 Å². The molecule has 0 unspecified atom stereocenters. The predicted octanol–water partition coefficient (Wildman–Crippen LogP) is 5.04. The molecule has 7 heteroatoms. The van der Waals surface area contributed by atoms with Gasteiger partial charge < -0.3 is 19.3 Å². The molecule has 7 nitrogen and oxygen atoms in total. The van der Waals surface area contributed by atoms with E-state index in [0.29, 0.717) is 32.2 Å². The number of ether oxygens (including phenoxy) is 3. The van der Waals surface area contributed by atoms with E-state index in [0.717, 1.165) is 61.4 Å². The third-order valence-corrected chi connectivity index (χ3v) is 6.38. The lowest BCUT2D eigenvalue weighted by atomic mass is 10.1. The first-order valence-electron chi connectivity index (χ1n) is 13.1. The normalized spacial score (nSPS) is 16.5. The van der Waals surface area contributed by atoms with Crippen molar-refractivity contribution in [2.45, 2.75) is 51.4 Å². The molecule has 0 saturated carbocycles. The monoisotopic (exact) mass is 493 g/mol. The SMILES string of the molecule is CCCCOC[C@H](O)CN(Cc1c(-c2ccccc2)nn(C)c1Oc1ccccc1)C[C@@H]1CCCO1. The predicted molar refractivity (Wildman–Crippen MR) is 141 cm³/mol. The van der Waals surface area contributed by atoms with Gasteiger partial charge in [0, 0.05) is 45.5 Å². The fraction of sp³-hybridized carbons (Fsp3) is 0.483. The van der Waals surface area contributed by atoms with Crippen molar-refractivity contribution in [2.24, 2.45) is 7.05 Å². The first kappa shape index (κ1) is 26.4. The Morgan fingerprint density at radius 2 is 1.89 bits per heavy atom. The second-order valence-electron chi connectivity index (χ2n) is 9.45. The van der Waals surface area contributed by atoms with E-state index in [1.54, 1.807) is 4.68 Å². The van der Waals surface area contributed by atoms with Gasteiger partial charge in [0.05, 0.1) is 24.4 Å². The van der Waals surface area contributed by atoms with E-state index in [-0.39, 0.29) is 6.10 Å². The zero-order valence-corrected chi connectivity index (χ0v) is 21.5. The number of aliphatic hydroxyl groups is 1. The number of para-hydroxylation sites is 1. The second kappa shape index (κ2) is 13.6. The molecular weight excluding hydrogens is 454 g/mol. The quantitative estimate of drug-likeness (QED) is 0.318. The lowest BCUT2D eigenvalue weighted by Crippen LogP contribution is -2.39. The molecule has 1 aromatic heterocycles. The molecule has 0 bridgehead atoms. The molecule has 0 spiro atoms. The van der Waals surface area contributed by atoms with Crippen LogP contribution in [0, 0.1) is 0 Å². The van der Waals surface area contributed by atoms with Crippen molar-refractivity contribution in [2.75, 3.05) is 32.9 Å². The standard InChI is InChI=1S/C29H39N3O4/c1-3-4-17-34-22-24(33)19-32(20-26-16-11-18-35-26)21-27-28(23-12-7-5-8-13-23)30-31(2)29(27)36-25-14-9-6-10-15-25/h5-10,12-15,24,26,33H,3-4,11,16-22H2,1-2H3/t24-,26+/m1/s1. The Kier molecular flexibility index (Phi) is 9.93. The van der Waals surface area contributed by atoms with Crippen LogP contribution in [-0.4, -0.2) is 64.9 Å². The Hall–Kier alpha value is -2.71. The Morgan fingerprint density at radius 1 is 1.14 bits per heavy atom.